The van der Waals surface area contributed by atoms with Crippen molar-refractivity contribution in [2.75, 3.05) is 20.8 Å². The fraction of sp³-hybridized carbons (Fsp3) is 0.138. The van der Waals surface area contributed by atoms with Crippen molar-refractivity contribution in [3.8, 4) is 28.4 Å². The zero-order chi connectivity index (χ0) is 22.8. The molecule has 1 radical (unpaired) electrons. The van der Waals surface area contributed by atoms with Crippen LogP contribution in [0.2, 0.25) is 0 Å². The van der Waals surface area contributed by atoms with Crippen LogP contribution in [0.3, 0.4) is 0 Å². The van der Waals surface area contributed by atoms with Gasteiger partial charge in [0.25, 0.3) is 0 Å². The maximum atomic E-state index is 9.81. The molecule has 0 saturated heterocycles. The number of aromatic hydroxyl groups is 1. The fourth-order valence-corrected chi connectivity index (χ4v) is 4.52. The maximum absolute atomic E-state index is 9.81. The Balaban J connectivity index is 1.52. The molecule has 0 atom stereocenters. The smallest absolute Gasteiger partial charge is 0.159 e. The van der Waals surface area contributed by atoms with E-state index in [1.807, 2.05) is 30.3 Å². The number of phenols is 1. The lowest BCUT2D eigenvalue weighted by Gasteiger charge is -2.23. The Morgan fingerprint density at radius 2 is 1.39 bits per heavy atom. The number of benzene rings is 4. The van der Waals surface area contributed by atoms with Gasteiger partial charge in [0.1, 0.15) is 17.2 Å². The summed E-state index contributed by atoms with van der Waals surface area (Å²) in [4.78, 5) is 0. The van der Waals surface area contributed by atoms with Gasteiger partial charge in [-0.3, -0.25) is 0 Å². The molecular formula is C29H25O4. The molecule has 1 aliphatic rings. The van der Waals surface area contributed by atoms with Crippen LogP contribution >= 0.6 is 0 Å². The lowest BCUT2D eigenvalue weighted by molar-refractivity contribution is 0.167. The van der Waals surface area contributed by atoms with E-state index in [1.165, 1.54) is 22.3 Å². The number of fused-ring (bicyclic) bond motifs is 3. The van der Waals surface area contributed by atoms with Gasteiger partial charge in [-0.05, 0) is 52.1 Å². The molecule has 0 heterocycles. The molecule has 0 fully saturated rings. The first-order valence-electron chi connectivity index (χ1n) is 10.9. The minimum Gasteiger partial charge on any atom is -0.508 e. The Morgan fingerprint density at radius 1 is 0.758 bits per heavy atom. The van der Waals surface area contributed by atoms with Gasteiger partial charge in [0.15, 0.2) is 6.10 Å². The summed E-state index contributed by atoms with van der Waals surface area (Å²) in [5, 5.41) is 9.81. The van der Waals surface area contributed by atoms with Gasteiger partial charge in [-0.25, -0.2) is 0 Å². The van der Waals surface area contributed by atoms with Gasteiger partial charge in [-0.2, -0.15) is 0 Å². The normalized spacial score (nSPS) is 12.5. The highest BCUT2D eigenvalue weighted by atomic mass is 16.5. The summed E-state index contributed by atoms with van der Waals surface area (Å²) >= 11 is 0. The molecule has 4 heteroatoms. The Labute approximate surface area is 194 Å². The van der Waals surface area contributed by atoms with Crippen molar-refractivity contribution in [3.05, 3.63) is 119 Å². The summed E-state index contributed by atoms with van der Waals surface area (Å²) in [5.41, 5.74) is 6.74. The highest BCUT2D eigenvalue weighted by Gasteiger charge is 2.30. The fourth-order valence-electron chi connectivity index (χ4n) is 4.52. The monoisotopic (exact) mass is 437 g/mol. The molecule has 1 N–H and O–H groups in total. The van der Waals surface area contributed by atoms with E-state index in [1.54, 1.807) is 26.4 Å². The highest BCUT2D eigenvalue weighted by molar-refractivity contribution is 5.78. The molecule has 4 aromatic rings. The molecule has 33 heavy (non-hydrogen) atoms. The number of phenolic OH excluding ortho intramolecular Hbond substituents is 1. The molecule has 4 aromatic carbocycles. The van der Waals surface area contributed by atoms with Crippen LogP contribution in [0.4, 0.5) is 0 Å². The number of ether oxygens (including phenoxy) is 3. The van der Waals surface area contributed by atoms with E-state index in [0.717, 1.165) is 11.1 Å². The van der Waals surface area contributed by atoms with Gasteiger partial charge in [0.05, 0.1) is 20.8 Å². The molecular weight excluding hydrogens is 412 g/mol. The van der Waals surface area contributed by atoms with Crippen LogP contribution < -0.4 is 9.47 Å². The van der Waals surface area contributed by atoms with E-state index >= 15 is 0 Å². The summed E-state index contributed by atoms with van der Waals surface area (Å²) in [5.74, 6) is 1.69. The third kappa shape index (κ3) is 3.94. The second-order valence-electron chi connectivity index (χ2n) is 7.98. The predicted molar refractivity (Wildman–Crippen MR) is 129 cm³/mol. The molecule has 0 unspecified atom stereocenters. The minimum atomic E-state index is 0.119. The molecule has 0 bridgehead atoms. The van der Waals surface area contributed by atoms with Crippen molar-refractivity contribution in [2.24, 2.45) is 0 Å². The Kier molecular flexibility index (Phi) is 5.76. The van der Waals surface area contributed by atoms with Crippen LogP contribution in [-0.4, -0.2) is 25.9 Å². The largest absolute Gasteiger partial charge is 0.508 e. The first-order chi connectivity index (χ1) is 16.2. The average molecular weight is 438 g/mol. The molecule has 4 nitrogen and oxygen atoms in total. The van der Waals surface area contributed by atoms with E-state index < -0.39 is 0 Å². The number of rotatable bonds is 7. The summed E-state index contributed by atoms with van der Waals surface area (Å²) in [6, 6.07) is 29.7. The molecule has 0 spiro atoms. The van der Waals surface area contributed by atoms with Crippen LogP contribution in [0, 0.1) is 6.10 Å². The molecule has 1 aliphatic carbocycles. The van der Waals surface area contributed by atoms with Crippen molar-refractivity contribution in [3.63, 3.8) is 0 Å². The lowest BCUT2D eigenvalue weighted by atomic mass is 9.96. The second-order valence-corrected chi connectivity index (χ2v) is 7.98. The number of methoxy groups -OCH3 is 2. The highest BCUT2D eigenvalue weighted by Crippen LogP contribution is 2.45. The molecule has 165 valence electrons. The predicted octanol–water partition coefficient (Wildman–Crippen LogP) is 6.17. The Morgan fingerprint density at radius 3 is 2.00 bits per heavy atom. The summed E-state index contributed by atoms with van der Waals surface area (Å²) in [6.45, 7) is 0.472. The third-order valence-electron chi connectivity index (χ3n) is 6.14. The van der Waals surface area contributed by atoms with Crippen molar-refractivity contribution in [2.45, 2.75) is 5.92 Å². The summed E-state index contributed by atoms with van der Waals surface area (Å²) < 4.78 is 17.6. The van der Waals surface area contributed by atoms with Crippen LogP contribution in [-0.2, 0) is 4.74 Å². The Bertz CT molecular complexity index is 1220. The van der Waals surface area contributed by atoms with Crippen molar-refractivity contribution in [1.29, 1.82) is 0 Å². The quantitative estimate of drug-likeness (QED) is 0.376. The summed E-state index contributed by atoms with van der Waals surface area (Å²) in [7, 11) is 3.26. The minimum absolute atomic E-state index is 0.119. The SMILES string of the molecule is COc1ccc([C](OCC2c3ccccc3-c3ccccc32)c2ccc(O)cc2)c(OC)c1. The van der Waals surface area contributed by atoms with E-state index in [4.69, 9.17) is 14.2 Å². The van der Waals surface area contributed by atoms with Crippen LogP contribution in [0.15, 0.2) is 91.0 Å². The Hall–Kier alpha value is -3.76. The van der Waals surface area contributed by atoms with Gasteiger partial charge in [-0.1, -0.05) is 60.7 Å². The van der Waals surface area contributed by atoms with Crippen LogP contribution in [0.1, 0.15) is 28.2 Å². The first-order valence-corrected chi connectivity index (χ1v) is 10.9. The zero-order valence-electron chi connectivity index (χ0n) is 18.6. The van der Waals surface area contributed by atoms with Crippen LogP contribution in [0.5, 0.6) is 17.2 Å². The van der Waals surface area contributed by atoms with Crippen molar-refractivity contribution < 1.29 is 19.3 Å². The van der Waals surface area contributed by atoms with Gasteiger partial charge >= 0.3 is 0 Å². The molecule has 0 amide bonds. The number of hydrogen-bond donors (Lipinski definition) is 1. The molecule has 5 rings (SSSR count). The van der Waals surface area contributed by atoms with Gasteiger partial charge in [-0.15, -0.1) is 0 Å². The molecule has 0 aromatic heterocycles. The van der Waals surface area contributed by atoms with E-state index in [2.05, 4.69) is 48.5 Å². The van der Waals surface area contributed by atoms with E-state index in [9.17, 15) is 5.11 Å². The lowest BCUT2D eigenvalue weighted by Crippen LogP contribution is -2.14. The summed E-state index contributed by atoms with van der Waals surface area (Å²) in [6.07, 6.45) is 0.691. The van der Waals surface area contributed by atoms with Crippen molar-refractivity contribution >= 4 is 0 Å². The third-order valence-corrected chi connectivity index (χ3v) is 6.14. The van der Waals surface area contributed by atoms with Crippen LogP contribution in [0.25, 0.3) is 11.1 Å². The topological polar surface area (TPSA) is 47.9 Å². The van der Waals surface area contributed by atoms with E-state index in [0.29, 0.717) is 24.2 Å². The number of hydrogen-bond acceptors (Lipinski definition) is 4. The van der Waals surface area contributed by atoms with Gasteiger partial charge in [0.2, 0.25) is 0 Å². The van der Waals surface area contributed by atoms with E-state index in [-0.39, 0.29) is 11.7 Å². The standard InChI is InChI=1S/C29H25O4/c1-31-21-15-16-26(28(17-21)32-2)29(19-11-13-20(30)14-12-19)33-18-27-24-9-5-3-7-22(24)23-8-4-6-10-25(23)27/h3-17,27,30H,18H2,1-2H3. The first kappa shape index (κ1) is 21.1. The van der Waals surface area contributed by atoms with Gasteiger partial charge < -0.3 is 19.3 Å². The maximum Gasteiger partial charge on any atom is 0.159 e. The average Bonchev–Trinajstić information content (AvgIpc) is 3.19. The molecule has 0 aliphatic heterocycles. The van der Waals surface area contributed by atoms with Gasteiger partial charge in [0, 0.05) is 17.5 Å². The van der Waals surface area contributed by atoms with Crippen molar-refractivity contribution in [1.82, 2.24) is 0 Å². The molecule has 0 saturated carbocycles. The zero-order valence-corrected chi connectivity index (χ0v) is 18.6. The second kappa shape index (κ2) is 9.00.